The van der Waals surface area contributed by atoms with Gasteiger partial charge in [-0.1, -0.05) is 6.07 Å². The maximum Gasteiger partial charge on any atom is 0.322 e. The molecule has 1 aromatic heterocycles. The zero-order valence-electron chi connectivity index (χ0n) is 13.2. The summed E-state index contributed by atoms with van der Waals surface area (Å²) >= 11 is 1.75. The second kappa shape index (κ2) is 6.42. The molecular formula is C17H19N3O2S. The number of amides is 3. The summed E-state index contributed by atoms with van der Waals surface area (Å²) in [7, 11) is 0. The first-order chi connectivity index (χ1) is 11.0. The van der Waals surface area contributed by atoms with Crippen LogP contribution in [0.4, 0.5) is 16.2 Å². The fraction of sp³-hybridized carbons (Fsp3) is 0.294. The standard InChI is InChI=1S/C17H19N3O2S/c1-11-3-4-14(9-15(11)18-12(2)21)19-17(22)20-7-5-16-13(10-20)6-8-23-16/h3-4,6,8-9H,5,7,10H2,1-2H3,(H,18,21)(H,19,22). The van der Waals surface area contributed by atoms with Crippen LogP contribution in [0, 0.1) is 6.92 Å². The van der Waals surface area contributed by atoms with Crippen LogP contribution in [-0.2, 0) is 17.8 Å². The lowest BCUT2D eigenvalue weighted by molar-refractivity contribution is -0.114. The van der Waals surface area contributed by atoms with E-state index < -0.39 is 0 Å². The summed E-state index contributed by atoms with van der Waals surface area (Å²) in [4.78, 5) is 26.9. The Kier molecular flexibility index (Phi) is 4.34. The molecule has 2 heterocycles. The van der Waals surface area contributed by atoms with Crippen LogP contribution >= 0.6 is 11.3 Å². The first-order valence-electron chi connectivity index (χ1n) is 7.52. The van der Waals surface area contributed by atoms with Gasteiger partial charge in [0.15, 0.2) is 0 Å². The SMILES string of the molecule is CC(=O)Nc1cc(NC(=O)N2CCc3sccc3C2)ccc1C. The van der Waals surface area contributed by atoms with Crippen LogP contribution in [0.15, 0.2) is 29.6 Å². The van der Waals surface area contributed by atoms with E-state index in [0.29, 0.717) is 17.9 Å². The summed E-state index contributed by atoms with van der Waals surface area (Å²) in [5, 5.41) is 7.76. The van der Waals surface area contributed by atoms with E-state index in [-0.39, 0.29) is 11.9 Å². The Bertz CT molecular complexity index is 754. The summed E-state index contributed by atoms with van der Waals surface area (Å²) in [6, 6.07) is 7.49. The number of rotatable bonds is 2. The summed E-state index contributed by atoms with van der Waals surface area (Å²) in [5.74, 6) is -0.127. The van der Waals surface area contributed by atoms with E-state index >= 15 is 0 Å². The number of nitrogens with zero attached hydrogens (tertiary/aromatic N) is 1. The number of hydrogen-bond donors (Lipinski definition) is 2. The highest BCUT2D eigenvalue weighted by atomic mass is 32.1. The predicted octanol–water partition coefficient (Wildman–Crippen LogP) is 3.61. The molecule has 0 saturated carbocycles. The summed E-state index contributed by atoms with van der Waals surface area (Å²) in [6.07, 6.45) is 0.908. The van der Waals surface area contributed by atoms with Crippen molar-refractivity contribution in [3.8, 4) is 0 Å². The first-order valence-corrected chi connectivity index (χ1v) is 8.40. The second-order valence-corrected chi connectivity index (χ2v) is 6.68. The molecule has 0 fully saturated rings. The summed E-state index contributed by atoms with van der Waals surface area (Å²) < 4.78 is 0. The second-order valence-electron chi connectivity index (χ2n) is 5.68. The van der Waals surface area contributed by atoms with Crippen molar-refractivity contribution in [3.63, 3.8) is 0 Å². The third kappa shape index (κ3) is 3.53. The Labute approximate surface area is 139 Å². The van der Waals surface area contributed by atoms with Crippen LogP contribution in [0.1, 0.15) is 22.9 Å². The van der Waals surface area contributed by atoms with Gasteiger partial charge in [-0.15, -0.1) is 11.3 Å². The predicted molar refractivity (Wildman–Crippen MR) is 92.9 cm³/mol. The smallest absolute Gasteiger partial charge is 0.322 e. The van der Waals surface area contributed by atoms with Crippen LogP contribution in [-0.4, -0.2) is 23.4 Å². The van der Waals surface area contributed by atoms with Gasteiger partial charge < -0.3 is 15.5 Å². The number of nitrogens with one attached hydrogen (secondary N) is 2. The number of thiophene rings is 1. The molecule has 1 aromatic carbocycles. The van der Waals surface area contributed by atoms with Crippen molar-refractivity contribution in [2.45, 2.75) is 26.8 Å². The number of fused-ring (bicyclic) bond motifs is 1. The van der Waals surface area contributed by atoms with Crippen molar-refractivity contribution in [1.82, 2.24) is 4.90 Å². The molecule has 3 amide bonds. The largest absolute Gasteiger partial charge is 0.326 e. The van der Waals surface area contributed by atoms with Crippen LogP contribution in [0.25, 0.3) is 0 Å². The number of aryl methyl sites for hydroxylation is 1. The van der Waals surface area contributed by atoms with Crippen molar-refractivity contribution < 1.29 is 9.59 Å². The third-order valence-electron chi connectivity index (χ3n) is 3.89. The molecule has 5 nitrogen and oxygen atoms in total. The van der Waals surface area contributed by atoms with E-state index in [1.54, 1.807) is 17.4 Å². The van der Waals surface area contributed by atoms with E-state index in [0.717, 1.165) is 18.5 Å². The first kappa shape index (κ1) is 15.6. The number of carbonyl (C=O) groups is 2. The average molecular weight is 329 g/mol. The zero-order valence-corrected chi connectivity index (χ0v) is 14.0. The average Bonchev–Trinajstić information content (AvgIpc) is 2.97. The fourth-order valence-corrected chi connectivity index (χ4v) is 3.54. The number of benzene rings is 1. The lowest BCUT2D eigenvalue weighted by Gasteiger charge is -2.27. The molecule has 0 unspecified atom stereocenters. The molecule has 1 aliphatic rings. The lowest BCUT2D eigenvalue weighted by atomic mass is 10.1. The van der Waals surface area contributed by atoms with Gasteiger partial charge in [-0.05, 0) is 48.1 Å². The molecule has 1 aliphatic heterocycles. The van der Waals surface area contributed by atoms with Gasteiger partial charge in [0.2, 0.25) is 5.91 Å². The van der Waals surface area contributed by atoms with Crippen molar-refractivity contribution in [1.29, 1.82) is 0 Å². The minimum Gasteiger partial charge on any atom is -0.326 e. The minimum absolute atomic E-state index is 0.112. The Hall–Kier alpha value is -2.34. The quantitative estimate of drug-likeness (QED) is 0.884. The Balaban J connectivity index is 1.70. The van der Waals surface area contributed by atoms with Gasteiger partial charge in [-0.3, -0.25) is 4.79 Å². The molecule has 0 radical (unpaired) electrons. The van der Waals surface area contributed by atoms with Crippen molar-refractivity contribution in [2.24, 2.45) is 0 Å². The Morgan fingerprint density at radius 1 is 1.22 bits per heavy atom. The van der Waals surface area contributed by atoms with Gasteiger partial charge in [0.05, 0.1) is 0 Å². The molecule has 120 valence electrons. The topological polar surface area (TPSA) is 61.4 Å². The van der Waals surface area contributed by atoms with E-state index in [1.807, 2.05) is 24.0 Å². The molecular weight excluding hydrogens is 310 g/mol. The molecule has 0 spiro atoms. The van der Waals surface area contributed by atoms with Gasteiger partial charge in [0, 0.05) is 36.3 Å². The summed E-state index contributed by atoms with van der Waals surface area (Å²) in [5.41, 5.74) is 3.59. The number of hydrogen-bond acceptors (Lipinski definition) is 3. The van der Waals surface area contributed by atoms with Gasteiger partial charge in [-0.2, -0.15) is 0 Å². The number of urea groups is 1. The monoisotopic (exact) mass is 329 g/mol. The van der Waals surface area contributed by atoms with E-state index in [1.165, 1.54) is 17.4 Å². The molecule has 6 heteroatoms. The number of anilines is 2. The molecule has 3 rings (SSSR count). The van der Waals surface area contributed by atoms with Gasteiger partial charge in [-0.25, -0.2) is 4.79 Å². The maximum atomic E-state index is 12.4. The van der Waals surface area contributed by atoms with Crippen molar-refractivity contribution in [2.75, 3.05) is 17.2 Å². The number of carbonyl (C=O) groups excluding carboxylic acids is 2. The fourth-order valence-electron chi connectivity index (χ4n) is 2.65. The van der Waals surface area contributed by atoms with Crippen LogP contribution < -0.4 is 10.6 Å². The molecule has 0 bridgehead atoms. The highest BCUT2D eigenvalue weighted by Crippen LogP contribution is 2.25. The minimum atomic E-state index is -0.127. The molecule has 23 heavy (non-hydrogen) atoms. The van der Waals surface area contributed by atoms with E-state index in [9.17, 15) is 9.59 Å². The highest BCUT2D eigenvalue weighted by Gasteiger charge is 2.21. The van der Waals surface area contributed by atoms with Crippen molar-refractivity contribution in [3.05, 3.63) is 45.6 Å². The van der Waals surface area contributed by atoms with Gasteiger partial charge >= 0.3 is 6.03 Å². The Morgan fingerprint density at radius 2 is 2.04 bits per heavy atom. The third-order valence-corrected chi connectivity index (χ3v) is 4.92. The molecule has 0 atom stereocenters. The van der Waals surface area contributed by atoms with Crippen LogP contribution in [0.3, 0.4) is 0 Å². The Morgan fingerprint density at radius 3 is 2.83 bits per heavy atom. The highest BCUT2D eigenvalue weighted by molar-refractivity contribution is 7.10. The van der Waals surface area contributed by atoms with Crippen LogP contribution in [0.2, 0.25) is 0 Å². The molecule has 0 saturated heterocycles. The van der Waals surface area contributed by atoms with Crippen molar-refractivity contribution >= 4 is 34.6 Å². The van der Waals surface area contributed by atoms with Crippen LogP contribution in [0.5, 0.6) is 0 Å². The normalized spacial score (nSPS) is 13.4. The van der Waals surface area contributed by atoms with E-state index in [2.05, 4.69) is 22.1 Å². The van der Waals surface area contributed by atoms with Gasteiger partial charge in [0.1, 0.15) is 0 Å². The maximum absolute atomic E-state index is 12.4. The molecule has 2 N–H and O–H groups in total. The summed E-state index contributed by atoms with van der Waals surface area (Å²) in [6.45, 7) is 4.76. The van der Waals surface area contributed by atoms with E-state index in [4.69, 9.17) is 0 Å². The lowest BCUT2D eigenvalue weighted by Crippen LogP contribution is -2.38. The zero-order chi connectivity index (χ0) is 16.4. The molecule has 0 aliphatic carbocycles. The van der Waals surface area contributed by atoms with Gasteiger partial charge in [0.25, 0.3) is 0 Å². The molecule has 2 aromatic rings.